The third kappa shape index (κ3) is 2.95. The van der Waals surface area contributed by atoms with Crippen LogP contribution >= 0.6 is 28.6 Å². The second-order valence-corrected chi connectivity index (χ2v) is 5.78. The first-order valence-corrected chi connectivity index (χ1v) is 7.34. The molecule has 1 aliphatic heterocycles. The molecule has 0 saturated carbocycles. The van der Waals surface area contributed by atoms with Gasteiger partial charge in [-0.2, -0.15) is 12.6 Å². The van der Waals surface area contributed by atoms with E-state index in [1.807, 2.05) is 6.07 Å². The van der Waals surface area contributed by atoms with Crippen LogP contribution in [0, 0.1) is 5.92 Å². The van der Waals surface area contributed by atoms with Gasteiger partial charge >= 0.3 is 5.97 Å². The van der Waals surface area contributed by atoms with E-state index >= 15 is 0 Å². The number of benzene rings is 1. The number of likely N-dealkylation sites (tertiary alicyclic amines) is 1. The van der Waals surface area contributed by atoms with Gasteiger partial charge in [-0.05, 0) is 17.7 Å². The largest absolute Gasteiger partial charge is 0.479 e. The van der Waals surface area contributed by atoms with Gasteiger partial charge in [-0.15, -0.1) is 0 Å². The van der Waals surface area contributed by atoms with Crippen molar-refractivity contribution in [2.45, 2.75) is 12.5 Å². The fourth-order valence-corrected chi connectivity index (χ4v) is 3.06. The summed E-state index contributed by atoms with van der Waals surface area (Å²) in [7, 11) is 0. The molecule has 2 atom stereocenters. The van der Waals surface area contributed by atoms with Crippen molar-refractivity contribution in [1.82, 2.24) is 4.90 Å². The Balaban J connectivity index is 2.35. The number of carboxylic acid groups (broad SMARTS) is 1. The van der Waals surface area contributed by atoms with Gasteiger partial charge in [0.05, 0.1) is 0 Å². The maximum atomic E-state index is 12.0. The van der Waals surface area contributed by atoms with Gasteiger partial charge in [-0.3, -0.25) is 4.79 Å². The smallest absolute Gasteiger partial charge is 0.331 e. The van der Waals surface area contributed by atoms with Crippen LogP contribution < -0.4 is 0 Å². The van der Waals surface area contributed by atoms with Crippen molar-refractivity contribution >= 4 is 40.4 Å². The first-order valence-electron chi connectivity index (χ1n) is 5.92. The zero-order chi connectivity index (χ0) is 14.0. The van der Waals surface area contributed by atoms with Crippen LogP contribution in [0.15, 0.2) is 28.7 Å². The molecule has 1 amide bonds. The van der Waals surface area contributed by atoms with Crippen LogP contribution in [0.2, 0.25) is 0 Å². The summed E-state index contributed by atoms with van der Waals surface area (Å²) in [6, 6.07) is 6.15. The van der Waals surface area contributed by atoms with Gasteiger partial charge in [0, 0.05) is 23.0 Å². The van der Waals surface area contributed by atoms with E-state index in [-0.39, 0.29) is 11.8 Å². The highest BCUT2D eigenvalue weighted by atomic mass is 79.9. The van der Waals surface area contributed by atoms with E-state index in [9.17, 15) is 14.7 Å². The number of carbonyl (C=O) groups is 2. The molecule has 1 aliphatic rings. The quantitative estimate of drug-likeness (QED) is 0.825. The lowest BCUT2D eigenvalue weighted by molar-refractivity contribution is -0.148. The lowest BCUT2D eigenvalue weighted by Crippen LogP contribution is -2.35. The lowest BCUT2D eigenvalue weighted by atomic mass is 10.1. The molecule has 0 aliphatic carbocycles. The molecule has 1 aromatic carbocycles. The number of nitrogens with zero attached hydrogens (tertiary/aromatic N) is 1. The number of thiol groups is 1. The van der Waals surface area contributed by atoms with Gasteiger partial charge in [0.25, 0.3) is 0 Å². The highest BCUT2D eigenvalue weighted by molar-refractivity contribution is 9.10. The van der Waals surface area contributed by atoms with Gasteiger partial charge in [0.1, 0.15) is 0 Å². The second kappa shape index (κ2) is 5.96. The lowest BCUT2D eigenvalue weighted by Gasteiger charge is -2.25. The van der Waals surface area contributed by atoms with E-state index in [1.54, 1.807) is 18.2 Å². The highest BCUT2D eigenvalue weighted by Gasteiger charge is 2.38. The maximum absolute atomic E-state index is 12.0. The number of aliphatic carboxylic acids is 1. The van der Waals surface area contributed by atoms with Crippen molar-refractivity contribution < 1.29 is 14.7 Å². The minimum absolute atomic E-state index is 0.123. The first-order chi connectivity index (χ1) is 9.04. The van der Waals surface area contributed by atoms with E-state index in [1.165, 1.54) is 4.90 Å². The number of amides is 1. The Kier molecular flexibility index (Phi) is 4.52. The summed E-state index contributed by atoms with van der Waals surface area (Å²) in [6.45, 7) is 0.445. The van der Waals surface area contributed by atoms with Crippen LogP contribution in [0.25, 0.3) is 0 Å². The van der Waals surface area contributed by atoms with E-state index < -0.39 is 12.0 Å². The summed E-state index contributed by atoms with van der Waals surface area (Å²) < 4.78 is 0.699. The summed E-state index contributed by atoms with van der Waals surface area (Å²) >= 11 is 7.54. The van der Waals surface area contributed by atoms with Gasteiger partial charge in [0.2, 0.25) is 5.91 Å². The summed E-state index contributed by atoms with van der Waals surface area (Å²) in [4.78, 5) is 25.0. The third-order valence-electron chi connectivity index (χ3n) is 3.24. The standard InChI is InChI=1S/C13H14BrNO3S/c14-10-4-2-1-3-9(10)12(13(17)18)15-6-8(7-19)5-11(15)16/h1-4,8,12,19H,5-7H2,(H,17,18). The Morgan fingerprint density at radius 3 is 2.74 bits per heavy atom. The molecule has 0 aromatic heterocycles. The van der Waals surface area contributed by atoms with E-state index in [0.29, 0.717) is 28.8 Å². The Bertz CT molecular complexity index is 508. The number of hydrogen-bond acceptors (Lipinski definition) is 3. The van der Waals surface area contributed by atoms with Crippen molar-refractivity contribution in [3.8, 4) is 0 Å². The van der Waals surface area contributed by atoms with Crippen LogP contribution in [-0.4, -0.2) is 34.2 Å². The Morgan fingerprint density at radius 2 is 2.21 bits per heavy atom. The molecule has 0 spiro atoms. The Hall–Kier alpha value is -1.01. The summed E-state index contributed by atoms with van der Waals surface area (Å²) in [5, 5.41) is 9.45. The average Bonchev–Trinajstić information content (AvgIpc) is 2.73. The SMILES string of the molecule is O=C(O)C(c1ccccc1Br)N1CC(CS)CC1=O. The molecule has 1 aromatic rings. The van der Waals surface area contributed by atoms with Crippen molar-refractivity contribution in [3.63, 3.8) is 0 Å². The predicted molar refractivity (Wildman–Crippen MR) is 78.2 cm³/mol. The normalized spacial score (nSPS) is 20.6. The zero-order valence-corrected chi connectivity index (χ0v) is 12.6. The van der Waals surface area contributed by atoms with Gasteiger partial charge in [-0.1, -0.05) is 34.1 Å². The van der Waals surface area contributed by atoms with Gasteiger partial charge in [0.15, 0.2) is 6.04 Å². The maximum Gasteiger partial charge on any atom is 0.331 e. The Morgan fingerprint density at radius 1 is 1.53 bits per heavy atom. The Labute approximate surface area is 125 Å². The first kappa shape index (κ1) is 14.4. The van der Waals surface area contributed by atoms with Crippen LogP contribution in [0.5, 0.6) is 0 Å². The molecule has 0 bridgehead atoms. The number of carboxylic acids is 1. The molecular formula is C13H14BrNO3S. The summed E-state index contributed by atoms with van der Waals surface area (Å²) in [5.41, 5.74) is 0.600. The fourth-order valence-electron chi connectivity index (χ4n) is 2.31. The summed E-state index contributed by atoms with van der Waals surface area (Å²) in [6.07, 6.45) is 0.373. The molecule has 1 N–H and O–H groups in total. The minimum Gasteiger partial charge on any atom is -0.479 e. The molecule has 1 heterocycles. The molecule has 0 radical (unpaired) electrons. The van der Waals surface area contributed by atoms with Crippen molar-refractivity contribution in [3.05, 3.63) is 34.3 Å². The summed E-state index contributed by atoms with van der Waals surface area (Å²) in [5.74, 6) is -0.424. The number of rotatable bonds is 4. The van der Waals surface area contributed by atoms with Crippen LogP contribution in [0.4, 0.5) is 0 Å². The topological polar surface area (TPSA) is 57.6 Å². The minimum atomic E-state index is -1.01. The molecule has 2 unspecified atom stereocenters. The highest BCUT2D eigenvalue weighted by Crippen LogP contribution is 2.33. The number of carbonyl (C=O) groups excluding carboxylic acids is 1. The molecular weight excluding hydrogens is 330 g/mol. The molecule has 19 heavy (non-hydrogen) atoms. The van der Waals surface area contributed by atoms with Crippen LogP contribution in [0.1, 0.15) is 18.0 Å². The van der Waals surface area contributed by atoms with Crippen LogP contribution in [0.3, 0.4) is 0 Å². The monoisotopic (exact) mass is 343 g/mol. The predicted octanol–water partition coefficient (Wildman–Crippen LogP) is 2.35. The van der Waals surface area contributed by atoms with Gasteiger partial charge in [-0.25, -0.2) is 4.79 Å². The van der Waals surface area contributed by atoms with Gasteiger partial charge < -0.3 is 10.0 Å². The third-order valence-corrected chi connectivity index (χ3v) is 4.48. The van der Waals surface area contributed by atoms with E-state index in [2.05, 4.69) is 28.6 Å². The number of hydrogen-bond donors (Lipinski definition) is 2. The number of halogens is 1. The fraction of sp³-hybridized carbons (Fsp3) is 0.385. The molecule has 4 nitrogen and oxygen atoms in total. The van der Waals surface area contributed by atoms with Crippen molar-refractivity contribution in [2.75, 3.05) is 12.3 Å². The van der Waals surface area contributed by atoms with Crippen LogP contribution in [-0.2, 0) is 9.59 Å². The molecule has 1 fully saturated rings. The molecule has 102 valence electrons. The molecule has 1 saturated heterocycles. The van der Waals surface area contributed by atoms with E-state index in [0.717, 1.165) is 0 Å². The average molecular weight is 344 g/mol. The molecule has 2 rings (SSSR count). The molecule has 6 heteroatoms. The zero-order valence-electron chi connectivity index (χ0n) is 10.1. The van der Waals surface area contributed by atoms with Crippen molar-refractivity contribution in [2.24, 2.45) is 5.92 Å². The second-order valence-electron chi connectivity index (χ2n) is 4.56. The van der Waals surface area contributed by atoms with Crippen molar-refractivity contribution in [1.29, 1.82) is 0 Å². The van der Waals surface area contributed by atoms with E-state index in [4.69, 9.17) is 0 Å².